The predicted molar refractivity (Wildman–Crippen MR) is 89.8 cm³/mol. The number of carbonyl (C=O) groups is 1. The van der Waals surface area contributed by atoms with Gasteiger partial charge in [0.15, 0.2) is 0 Å². The quantitative estimate of drug-likeness (QED) is 0.857. The number of carbonyl (C=O) groups excluding carboxylic acids is 1. The van der Waals surface area contributed by atoms with E-state index in [2.05, 4.69) is 5.32 Å². The molecular weight excluding hydrogens is 303 g/mol. The zero-order valence-corrected chi connectivity index (χ0v) is 13.1. The van der Waals surface area contributed by atoms with Crippen LogP contribution in [0.15, 0.2) is 48.5 Å². The number of benzene rings is 2. The normalized spacial score (nSPS) is 10.7. The van der Waals surface area contributed by atoms with Gasteiger partial charge in [-0.15, -0.1) is 0 Å². The standard InChI is InChI=1S/C17H16ClFN2O/c1-21(2)16-8-7-13(18)11-15(16)20-17(22)9-6-12-4-3-5-14(19)10-12/h3-11H,1-2H3,(H,20,22). The van der Waals surface area contributed by atoms with E-state index in [1.807, 2.05) is 25.1 Å². The summed E-state index contributed by atoms with van der Waals surface area (Å²) >= 11 is 5.97. The van der Waals surface area contributed by atoms with Crippen molar-refractivity contribution in [1.29, 1.82) is 0 Å². The number of halogens is 2. The number of amides is 1. The Labute approximate surface area is 134 Å². The second kappa shape index (κ2) is 7.09. The Balaban J connectivity index is 2.14. The van der Waals surface area contributed by atoms with Gasteiger partial charge in [-0.2, -0.15) is 0 Å². The van der Waals surface area contributed by atoms with Crippen LogP contribution in [-0.4, -0.2) is 20.0 Å². The van der Waals surface area contributed by atoms with E-state index in [0.29, 0.717) is 16.3 Å². The Kier molecular flexibility index (Phi) is 5.17. The van der Waals surface area contributed by atoms with Gasteiger partial charge in [-0.25, -0.2) is 4.39 Å². The first kappa shape index (κ1) is 16.0. The molecule has 1 amide bonds. The summed E-state index contributed by atoms with van der Waals surface area (Å²) in [5.41, 5.74) is 2.08. The maximum Gasteiger partial charge on any atom is 0.248 e. The van der Waals surface area contributed by atoms with E-state index < -0.39 is 0 Å². The molecule has 3 nitrogen and oxygen atoms in total. The minimum absolute atomic E-state index is 0.311. The largest absolute Gasteiger partial charge is 0.376 e. The molecule has 22 heavy (non-hydrogen) atoms. The predicted octanol–water partition coefficient (Wildman–Crippen LogP) is 4.20. The molecule has 2 rings (SSSR count). The molecule has 0 unspecified atom stereocenters. The topological polar surface area (TPSA) is 32.3 Å². The summed E-state index contributed by atoms with van der Waals surface area (Å²) < 4.78 is 13.1. The smallest absolute Gasteiger partial charge is 0.248 e. The van der Waals surface area contributed by atoms with Crippen molar-refractivity contribution in [2.45, 2.75) is 0 Å². The highest BCUT2D eigenvalue weighted by Gasteiger charge is 2.07. The van der Waals surface area contributed by atoms with Gasteiger partial charge in [0.25, 0.3) is 0 Å². The lowest BCUT2D eigenvalue weighted by Crippen LogP contribution is -2.15. The van der Waals surface area contributed by atoms with Crippen molar-refractivity contribution >= 4 is 35.0 Å². The molecule has 0 heterocycles. The summed E-state index contributed by atoms with van der Waals surface area (Å²) in [7, 11) is 3.75. The van der Waals surface area contributed by atoms with E-state index in [1.54, 1.807) is 30.3 Å². The average molecular weight is 319 g/mol. The lowest BCUT2D eigenvalue weighted by atomic mass is 10.2. The first-order valence-corrected chi connectivity index (χ1v) is 7.05. The van der Waals surface area contributed by atoms with Gasteiger partial charge in [-0.3, -0.25) is 4.79 Å². The number of anilines is 2. The fourth-order valence-corrected chi connectivity index (χ4v) is 2.13. The second-order valence-corrected chi connectivity index (χ2v) is 5.37. The Hall–Kier alpha value is -2.33. The Morgan fingerprint density at radius 3 is 2.68 bits per heavy atom. The van der Waals surface area contributed by atoms with Crippen LogP contribution in [0.5, 0.6) is 0 Å². The number of nitrogens with one attached hydrogen (secondary N) is 1. The van der Waals surface area contributed by atoms with Crippen molar-refractivity contribution in [2.75, 3.05) is 24.3 Å². The van der Waals surface area contributed by atoms with E-state index in [1.165, 1.54) is 18.2 Å². The molecule has 0 aliphatic heterocycles. The highest BCUT2D eigenvalue weighted by Crippen LogP contribution is 2.27. The molecule has 114 valence electrons. The fraction of sp³-hybridized carbons (Fsp3) is 0.118. The second-order valence-electron chi connectivity index (χ2n) is 4.93. The summed E-state index contributed by atoms with van der Waals surface area (Å²) in [5.74, 6) is -0.651. The van der Waals surface area contributed by atoms with Crippen LogP contribution < -0.4 is 10.2 Å². The van der Waals surface area contributed by atoms with Crippen molar-refractivity contribution in [2.24, 2.45) is 0 Å². The van der Waals surface area contributed by atoms with Crippen LogP contribution in [0.4, 0.5) is 15.8 Å². The van der Waals surface area contributed by atoms with Crippen LogP contribution in [0.3, 0.4) is 0 Å². The van der Waals surface area contributed by atoms with Crippen molar-refractivity contribution in [1.82, 2.24) is 0 Å². The maximum absolute atomic E-state index is 13.1. The molecule has 0 aromatic heterocycles. The number of rotatable bonds is 4. The van der Waals surface area contributed by atoms with Gasteiger partial charge in [-0.05, 0) is 42.0 Å². The van der Waals surface area contributed by atoms with Crippen LogP contribution in [0.2, 0.25) is 5.02 Å². The van der Waals surface area contributed by atoms with E-state index in [4.69, 9.17) is 11.6 Å². The zero-order chi connectivity index (χ0) is 16.1. The number of nitrogens with zero attached hydrogens (tertiary/aromatic N) is 1. The van der Waals surface area contributed by atoms with E-state index >= 15 is 0 Å². The minimum Gasteiger partial charge on any atom is -0.376 e. The SMILES string of the molecule is CN(C)c1ccc(Cl)cc1NC(=O)C=Cc1cccc(F)c1. The van der Waals surface area contributed by atoms with Crippen LogP contribution in [-0.2, 0) is 4.79 Å². The molecule has 0 saturated carbocycles. The molecule has 0 fully saturated rings. The van der Waals surface area contributed by atoms with Gasteiger partial charge in [0.05, 0.1) is 11.4 Å². The molecule has 0 aliphatic rings. The summed E-state index contributed by atoms with van der Waals surface area (Å²) in [6, 6.07) is 11.3. The van der Waals surface area contributed by atoms with Crippen LogP contribution in [0, 0.1) is 5.82 Å². The molecule has 2 aromatic rings. The summed E-state index contributed by atoms with van der Waals surface area (Å²) in [4.78, 5) is 13.9. The van der Waals surface area contributed by atoms with E-state index in [0.717, 1.165) is 5.69 Å². The van der Waals surface area contributed by atoms with Gasteiger partial charge < -0.3 is 10.2 Å². The molecule has 2 aromatic carbocycles. The third-order valence-electron chi connectivity index (χ3n) is 2.97. The number of hydrogen-bond acceptors (Lipinski definition) is 2. The van der Waals surface area contributed by atoms with E-state index in [9.17, 15) is 9.18 Å². The monoisotopic (exact) mass is 318 g/mol. The fourth-order valence-electron chi connectivity index (χ4n) is 1.95. The van der Waals surface area contributed by atoms with Gasteiger partial charge in [0.2, 0.25) is 5.91 Å². The van der Waals surface area contributed by atoms with Crippen LogP contribution in [0.25, 0.3) is 6.08 Å². The third-order valence-corrected chi connectivity index (χ3v) is 3.21. The first-order valence-electron chi connectivity index (χ1n) is 6.67. The van der Waals surface area contributed by atoms with Crippen LogP contribution >= 0.6 is 11.6 Å². The molecule has 0 bridgehead atoms. The van der Waals surface area contributed by atoms with Crippen molar-refractivity contribution in [3.63, 3.8) is 0 Å². The molecule has 0 saturated heterocycles. The first-order chi connectivity index (χ1) is 10.5. The molecule has 1 N–H and O–H groups in total. The van der Waals surface area contributed by atoms with Gasteiger partial charge in [0.1, 0.15) is 5.82 Å². The van der Waals surface area contributed by atoms with Crippen molar-refractivity contribution in [3.05, 3.63) is 64.9 Å². The molecule has 0 radical (unpaired) electrons. The Morgan fingerprint density at radius 2 is 2.00 bits per heavy atom. The van der Waals surface area contributed by atoms with Gasteiger partial charge in [0, 0.05) is 25.2 Å². The zero-order valence-electron chi connectivity index (χ0n) is 12.3. The molecule has 0 aliphatic carbocycles. The number of hydrogen-bond donors (Lipinski definition) is 1. The van der Waals surface area contributed by atoms with Gasteiger partial charge in [-0.1, -0.05) is 23.7 Å². The van der Waals surface area contributed by atoms with Gasteiger partial charge >= 0.3 is 0 Å². The van der Waals surface area contributed by atoms with Crippen molar-refractivity contribution < 1.29 is 9.18 Å². The third kappa shape index (κ3) is 4.33. The van der Waals surface area contributed by atoms with Crippen molar-refractivity contribution in [3.8, 4) is 0 Å². The average Bonchev–Trinajstić information content (AvgIpc) is 2.45. The highest BCUT2D eigenvalue weighted by atomic mass is 35.5. The lowest BCUT2D eigenvalue weighted by molar-refractivity contribution is -0.111. The molecule has 0 spiro atoms. The molecular formula is C17H16ClFN2O. The molecule has 5 heteroatoms. The van der Waals surface area contributed by atoms with E-state index in [-0.39, 0.29) is 11.7 Å². The minimum atomic E-state index is -0.340. The summed E-state index contributed by atoms with van der Waals surface area (Å²) in [5, 5.41) is 3.31. The maximum atomic E-state index is 13.1. The molecule has 0 atom stereocenters. The highest BCUT2D eigenvalue weighted by molar-refractivity contribution is 6.31. The Morgan fingerprint density at radius 1 is 1.23 bits per heavy atom. The lowest BCUT2D eigenvalue weighted by Gasteiger charge is -2.17. The van der Waals surface area contributed by atoms with Crippen LogP contribution in [0.1, 0.15) is 5.56 Å². The summed E-state index contributed by atoms with van der Waals surface area (Å²) in [6.07, 6.45) is 2.91. The summed E-state index contributed by atoms with van der Waals surface area (Å²) in [6.45, 7) is 0. The Bertz CT molecular complexity index is 714.